The quantitative estimate of drug-likeness (QED) is 0.668. The smallest absolute Gasteiger partial charge is 0.136 e. The normalized spacial score (nSPS) is 18.4. The van der Waals surface area contributed by atoms with Crippen LogP contribution in [0.3, 0.4) is 0 Å². The van der Waals surface area contributed by atoms with Crippen LogP contribution in [0.2, 0.25) is 0 Å². The molecule has 0 amide bonds. The summed E-state index contributed by atoms with van der Waals surface area (Å²) in [5.41, 5.74) is 1.17. The van der Waals surface area contributed by atoms with Gasteiger partial charge < -0.3 is 0 Å². The third-order valence-corrected chi connectivity index (χ3v) is 2.73. The molecule has 1 saturated carbocycles. The van der Waals surface area contributed by atoms with E-state index in [9.17, 15) is 4.79 Å². The summed E-state index contributed by atoms with van der Waals surface area (Å²) in [5, 5.41) is 9.10. The maximum Gasteiger partial charge on any atom is 0.136 e. The van der Waals surface area contributed by atoms with E-state index < -0.39 is 5.41 Å². The maximum atomic E-state index is 11.0. The zero-order valence-electron chi connectivity index (χ0n) is 7.95. The van der Waals surface area contributed by atoms with Crippen molar-refractivity contribution >= 4 is 5.78 Å². The minimum Gasteiger partial charge on any atom is -0.300 e. The van der Waals surface area contributed by atoms with Crippen LogP contribution >= 0.6 is 0 Å². The van der Waals surface area contributed by atoms with Crippen molar-refractivity contribution in [3.05, 3.63) is 29.6 Å². The molecule has 0 saturated heterocycles. The fraction of sp³-hybridized carbons (Fsp3) is 0.364. The summed E-state index contributed by atoms with van der Waals surface area (Å²) in [4.78, 5) is 15.1. The Morgan fingerprint density at radius 2 is 2.29 bits per heavy atom. The fourth-order valence-electron chi connectivity index (χ4n) is 1.94. The van der Waals surface area contributed by atoms with Gasteiger partial charge in [0.15, 0.2) is 0 Å². The predicted octanol–water partition coefficient (Wildman–Crippen LogP) is 1.51. The van der Waals surface area contributed by atoms with Gasteiger partial charge in [-0.2, -0.15) is 5.26 Å². The van der Waals surface area contributed by atoms with Gasteiger partial charge in [-0.05, 0) is 18.6 Å². The van der Waals surface area contributed by atoms with Crippen molar-refractivity contribution in [2.45, 2.75) is 25.2 Å². The molecule has 0 aromatic carbocycles. The highest BCUT2D eigenvalue weighted by molar-refractivity contribution is 5.90. The van der Waals surface area contributed by atoms with Gasteiger partial charge in [0.1, 0.15) is 5.78 Å². The second-order valence-corrected chi connectivity index (χ2v) is 3.72. The number of nitriles is 1. The molecular formula is C11H10N2O. The minimum atomic E-state index is -0.588. The Morgan fingerprint density at radius 1 is 1.57 bits per heavy atom. The summed E-state index contributed by atoms with van der Waals surface area (Å²) in [7, 11) is 0. The van der Waals surface area contributed by atoms with Gasteiger partial charge >= 0.3 is 0 Å². The molecule has 0 N–H and O–H groups in total. The van der Waals surface area contributed by atoms with Crippen molar-refractivity contribution in [1.82, 2.24) is 4.98 Å². The predicted molar refractivity (Wildman–Crippen MR) is 50.5 cm³/mol. The molecule has 0 aliphatic heterocycles. The van der Waals surface area contributed by atoms with Gasteiger partial charge in [0.05, 0.1) is 11.5 Å². The highest BCUT2D eigenvalue weighted by Gasteiger charge is 2.46. The van der Waals surface area contributed by atoms with Crippen LogP contribution in [0, 0.1) is 18.3 Å². The van der Waals surface area contributed by atoms with Gasteiger partial charge in [0, 0.05) is 24.7 Å². The molecule has 1 fully saturated rings. The number of aryl methyl sites for hydroxylation is 1. The van der Waals surface area contributed by atoms with Crippen LogP contribution in [-0.4, -0.2) is 10.8 Å². The van der Waals surface area contributed by atoms with Crippen molar-refractivity contribution in [2.75, 3.05) is 0 Å². The van der Waals surface area contributed by atoms with E-state index in [-0.39, 0.29) is 5.78 Å². The molecule has 1 aliphatic carbocycles. The molecule has 0 unspecified atom stereocenters. The van der Waals surface area contributed by atoms with Crippen LogP contribution in [-0.2, 0) is 10.2 Å². The highest BCUT2D eigenvalue weighted by Crippen LogP contribution is 2.41. The number of ketones is 1. The molecule has 0 radical (unpaired) electrons. The minimum absolute atomic E-state index is 0.162. The summed E-state index contributed by atoms with van der Waals surface area (Å²) in [5.74, 6) is 0.162. The van der Waals surface area contributed by atoms with Gasteiger partial charge in [0.2, 0.25) is 0 Å². The molecule has 0 bridgehead atoms. The van der Waals surface area contributed by atoms with Crippen molar-refractivity contribution in [3.8, 4) is 6.07 Å². The van der Waals surface area contributed by atoms with Gasteiger partial charge in [-0.15, -0.1) is 0 Å². The SMILES string of the molecule is Cc1ncccc1C1(C#N)CC(=O)C1. The van der Waals surface area contributed by atoms with Crippen LogP contribution in [0.25, 0.3) is 0 Å². The molecule has 3 heteroatoms. The molecule has 1 aliphatic rings. The monoisotopic (exact) mass is 186 g/mol. The topological polar surface area (TPSA) is 53.8 Å². The number of hydrogen-bond donors (Lipinski definition) is 0. The molecule has 0 atom stereocenters. The lowest BCUT2D eigenvalue weighted by Crippen LogP contribution is -2.41. The number of pyridine rings is 1. The lowest BCUT2D eigenvalue weighted by Gasteiger charge is -2.34. The van der Waals surface area contributed by atoms with Crippen LogP contribution in [0.15, 0.2) is 18.3 Å². The van der Waals surface area contributed by atoms with E-state index in [4.69, 9.17) is 5.26 Å². The Bertz CT molecular complexity index is 423. The van der Waals surface area contributed by atoms with Crippen LogP contribution in [0.1, 0.15) is 24.1 Å². The molecule has 1 heterocycles. The lowest BCUT2D eigenvalue weighted by molar-refractivity contribution is -0.126. The van der Waals surface area contributed by atoms with E-state index in [0.29, 0.717) is 12.8 Å². The maximum absolute atomic E-state index is 11.0. The first-order valence-electron chi connectivity index (χ1n) is 4.53. The van der Waals surface area contributed by atoms with Crippen molar-refractivity contribution in [3.63, 3.8) is 0 Å². The Balaban J connectivity index is 2.45. The first-order chi connectivity index (χ1) is 6.68. The van der Waals surface area contributed by atoms with Crippen molar-refractivity contribution in [1.29, 1.82) is 5.26 Å². The summed E-state index contributed by atoms with van der Waals surface area (Å²) < 4.78 is 0. The molecule has 0 spiro atoms. The molecule has 2 rings (SSSR count). The summed E-state index contributed by atoms with van der Waals surface area (Å²) in [6, 6.07) is 5.94. The van der Waals surface area contributed by atoms with E-state index in [1.54, 1.807) is 6.20 Å². The average molecular weight is 186 g/mol. The largest absolute Gasteiger partial charge is 0.300 e. The van der Waals surface area contributed by atoms with Crippen molar-refractivity contribution in [2.24, 2.45) is 0 Å². The number of carbonyl (C=O) groups excluding carboxylic acids is 1. The summed E-state index contributed by atoms with van der Waals surface area (Å²) >= 11 is 0. The van der Waals surface area contributed by atoms with E-state index >= 15 is 0 Å². The summed E-state index contributed by atoms with van der Waals surface area (Å²) in [6.45, 7) is 1.87. The zero-order valence-corrected chi connectivity index (χ0v) is 7.95. The molecular weight excluding hydrogens is 176 g/mol. The molecule has 1 aromatic rings. The van der Waals surface area contributed by atoms with Gasteiger partial charge in [-0.3, -0.25) is 9.78 Å². The number of hydrogen-bond acceptors (Lipinski definition) is 3. The van der Waals surface area contributed by atoms with E-state index in [1.807, 2.05) is 19.1 Å². The van der Waals surface area contributed by atoms with Crippen molar-refractivity contribution < 1.29 is 4.79 Å². The van der Waals surface area contributed by atoms with Crippen LogP contribution in [0.4, 0.5) is 0 Å². The number of carbonyl (C=O) groups is 1. The second kappa shape index (κ2) is 2.91. The average Bonchev–Trinajstić information content (AvgIpc) is 2.14. The standard InChI is InChI=1S/C11H10N2O/c1-8-10(3-2-4-13-8)11(7-12)5-9(14)6-11/h2-4H,5-6H2,1H3. The van der Waals surface area contributed by atoms with Gasteiger partial charge in [0.25, 0.3) is 0 Å². The molecule has 14 heavy (non-hydrogen) atoms. The number of nitrogens with zero attached hydrogens (tertiary/aromatic N) is 2. The first kappa shape index (κ1) is 8.89. The molecule has 70 valence electrons. The number of aromatic nitrogens is 1. The van der Waals surface area contributed by atoms with Gasteiger partial charge in [-0.1, -0.05) is 6.07 Å². The van der Waals surface area contributed by atoms with Crippen LogP contribution < -0.4 is 0 Å². The Hall–Kier alpha value is -1.69. The van der Waals surface area contributed by atoms with Crippen LogP contribution in [0.5, 0.6) is 0 Å². The Morgan fingerprint density at radius 3 is 2.79 bits per heavy atom. The first-order valence-corrected chi connectivity index (χ1v) is 4.53. The second-order valence-electron chi connectivity index (χ2n) is 3.72. The zero-order chi connectivity index (χ0) is 10.2. The molecule has 3 nitrogen and oxygen atoms in total. The highest BCUT2D eigenvalue weighted by atomic mass is 16.1. The summed E-state index contributed by atoms with van der Waals surface area (Å²) in [6.07, 6.45) is 2.39. The van der Waals surface area contributed by atoms with E-state index in [1.165, 1.54) is 0 Å². The Kier molecular flexibility index (Phi) is 1.85. The molecule has 1 aromatic heterocycles. The van der Waals surface area contributed by atoms with E-state index in [0.717, 1.165) is 11.3 Å². The number of rotatable bonds is 1. The Labute approximate surface area is 82.4 Å². The third kappa shape index (κ3) is 1.12. The fourth-order valence-corrected chi connectivity index (χ4v) is 1.94. The lowest BCUT2D eigenvalue weighted by atomic mass is 9.64. The third-order valence-electron chi connectivity index (χ3n) is 2.73. The van der Waals surface area contributed by atoms with Gasteiger partial charge in [-0.25, -0.2) is 0 Å². The number of Topliss-reactive ketones (excluding diaryl/α,β-unsaturated/α-hetero) is 1. The van der Waals surface area contributed by atoms with E-state index in [2.05, 4.69) is 11.1 Å².